The van der Waals surface area contributed by atoms with Crippen molar-refractivity contribution in [2.45, 2.75) is 104 Å². The molecule has 2 aromatic rings. The number of rotatable bonds is 18. The maximum Gasteiger partial charge on any atom is 0.524 e. The topological polar surface area (TPSA) is 166 Å². The second-order valence-corrected chi connectivity index (χ2v) is 14.0. The Balaban J connectivity index is 2.12. The van der Waals surface area contributed by atoms with E-state index in [1.807, 2.05) is 11.9 Å². The SMILES string of the molecule is CCCCC(=O)N(C)[C@H](C[C@@H](C)c1nc(C(=O)N[C@@H](CCc2ccc(OP(=O)(O)O)c(C)c2)CC(C)C(=O)O)cs1)C(C)C. The molecule has 0 fully saturated rings. The Labute approximate surface area is 264 Å². The Bertz CT molecular complexity index is 1310. The molecule has 0 aliphatic carbocycles. The fraction of sp³-hybridized carbons (Fsp3) is 0.613. The van der Waals surface area contributed by atoms with Crippen LogP contribution in [0.2, 0.25) is 0 Å². The molecule has 11 nitrogen and oxygen atoms in total. The Morgan fingerprint density at radius 2 is 1.82 bits per heavy atom. The maximum absolute atomic E-state index is 13.3. The number of aryl methyl sites for hydroxylation is 2. The van der Waals surface area contributed by atoms with Crippen molar-refractivity contribution in [2.24, 2.45) is 11.8 Å². The predicted octanol–water partition coefficient (Wildman–Crippen LogP) is 5.93. The first kappa shape index (κ1) is 37.4. The quantitative estimate of drug-likeness (QED) is 0.143. The molecule has 0 saturated heterocycles. The lowest BCUT2D eigenvalue weighted by molar-refractivity contribution is -0.141. The van der Waals surface area contributed by atoms with Gasteiger partial charge in [-0.15, -0.1) is 11.3 Å². The molecule has 4 N–H and O–H groups in total. The summed E-state index contributed by atoms with van der Waals surface area (Å²) >= 11 is 1.40. The van der Waals surface area contributed by atoms with Gasteiger partial charge in [0.2, 0.25) is 5.91 Å². The molecule has 0 bridgehead atoms. The van der Waals surface area contributed by atoms with Gasteiger partial charge < -0.3 is 19.8 Å². The summed E-state index contributed by atoms with van der Waals surface area (Å²) in [4.78, 5) is 62.2. The molecule has 2 rings (SSSR count). The number of thiazole rings is 1. The number of nitrogens with zero attached hydrogens (tertiary/aromatic N) is 2. The first-order valence-electron chi connectivity index (χ1n) is 15.1. The normalized spacial score (nSPS) is 14.5. The highest BCUT2D eigenvalue weighted by molar-refractivity contribution is 7.46. The number of aromatic nitrogens is 1. The fourth-order valence-corrected chi connectivity index (χ4v) is 6.46. The van der Waals surface area contributed by atoms with Crippen molar-refractivity contribution in [2.75, 3.05) is 7.05 Å². The number of amides is 2. The number of carbonyl (C=O) groups is 3. The van der Waals surface area contributed by atoms with Crippen molar-refractivity contribution >= 4 is 36.9 Å². The van der Waals surface area contributed by atoms with Gasteiger partial charge in [0.15, 0.2) is 0 Å². The third-order valence-corrected chi connectivity index (χ3v) is 9.32. The maximum atomic E-state index is 13.3. The highest BCUT2D eigenvalue weighted by Gasteiger charge is 2.27. The standard InChI is InChI=1S/C31H48N3O8PS/c1-8-9-10-28(35)34(7)26(19(2)3)17-21(5)30-33-25(18-44-30)29(36)32-24(16-22(6)31(37)38)13-11-23-12-14-27(20(4)15-23)42-43(39,40)41/h12,14-15,18-19,21-22,24,26H,8-11,13,16-17H2,1-7H3,(H,32,36)(H,37,38)(H2,39,40,41)/t21-,22?,24+,26-/m1/s1. The molecule has 13 heteroatoms. The predicted molar refractivity (Wildman–Crippen MR) is 171 cm³/mol. The number of hydrogen-bond acceptors (Lipinski definition) is 7. The van der Waals surface area contributed by atoms with Crippen LogP contribution >= 0.6 is 19.2 Å². The van der Waals surface area contributed by atoms with Crippen LogP contribution in [0.5, 0.6) is 5.75 Å². The molecule has 1 aromatic carbocycles. The van der Waals surface area contributed by atoms with Gasteiger partial charge in [0.25, 0.3) is 5.91 Å². The van der Waals surface area contributed by atoms with Gasteiger partial charge in [-0.3, -0.25) is 24.2 Å². The summed E-state index contributed by atoms with van der Waals surface area (Å²) in [5, 5.41) is 15.0. The lowest BCUT2D eigenvalue weighted by Gasteiger charge is -2.33. The van der Waals surface area contributed by atoms with E-state index in [1.165, 1.54) is 17.4 Å². The smallest absolute Gasteiger partial charge is 0.481 e. The molecular formula is C31H48N3O8PS. The summed E-state index contributed by atoms with van der Waals surface area (Å²) < 4.78 is 15.9. The van der Waals surface area contributed by atoms with Crippen LogP contribution in [-0.4, -0.2) is 61.7 Å². The number of carboxylic acids is 1. The molecule has 44 heavy (non-hydrogen) atoms. The van der Waals surface area contributed by atoms with Gasteiger partial charge in [-0.1, -0.05) is 53.2 Å². The second kappa shape index (κ2) is 17.1. The van der Waals surface area contributed by atoms with Gasteiger partial charge in [0.1, 0.15) is 11.4 Å². The molecule has 0 radical (unpaired) electrons. The summed E-state index contributed by atoms with van der Waals surface area (Å²) in [6.07, 6.45) is 4.24. The first-order chi connectivity index (χ1) is 20.5. The van der Waals surface area contributed by atoms with Gasteiger partial charge >= 0.3 is 13.8 Å². The first-order valence-corrected chi connectivity index (χ1v) is 17.5. The van der Waals surface area contributed by atoms with Gasteiger partial charge in [0.05, 0.1) is 10.9 Å². The van der Waals surface area contributed by atoms with Gasteiger partial charge in [0, 0.05) is 36.9 Å². The Morgan fingerprint density at radius 3 is 2.39 bits per heavy atom. The molecule has 1 unspecified atom stereocenters. The summed E-state index contributed by atoms with van der Waals surface area (Å²) in [5.74, 6) is -1.52. The summed E-state index contributed by atoms with van der Waals surface area (Å²) in [7, 11) is -2.82. The zero-order valence-electron chi connectivity index (χ0n) is 26.8. The number of aliphatic carboxylic acids is 1. The van der Waals surface area contributed by atoms with Gasteiger partial charge in [-0.05, 0) is 62.1 Å². The zero-order valence-corrected chi connectivity index (χ0v) is 28.5. The van der Waals surface area contributed by atoms with Crippen LogP contribution in [0, 0.1) is 18.8 Å². The monoisotopic (exact) mass is 653 g/mol. The summed E-state index contributed by atoms with van der Waals surface area (Å²) in [5.41, 5.74) is 1.67. The van der Waals surface area contributed by atoms with E-state index in [9.17, 15) is 24.1 Å². The van der Waals surface area contributed by atoms with Crippen LogP contribution in [0.25, 0.3) is 0 Å². The molecule has 1 aromatic heterocycles. The van der Waals surface area contributed by atoms with Crippen LogP contribution in [0.1, 0.15) is 106 Å². The van der Waals surface area contributed by atoms with Crippen LogP contribution in [-0.2, 0) is 20.6 Å². The van der Waals surface area contributed by atoms with E-state index in [0.29, 0.717) is 24.8 Å². The van der Waals surface area contributed by atoms with Crippen LogP contribution in [0.15, 0.2) is 23.6 Å². The average Bonchev–Trinajstić information content (AvgIpc) is 3.44. The van der Waals surface area contributed by atoms with Crippen molar-refractivity contribution in [3.05, 3.63) is 45.4 Å². The number of hydrogen-bond donors (Lipinski definition) is 4. The number of unbranched alkanes of at least 4 members (excludes halogenated alkanes) is 1. The largest absolute Gasteiger partial charge is 0.524 e. The minimum atomic E-state index is -4.68. The van der Waals surface area contributed by atoms with Crippen molar-refractivity contribution in [1.82, 2.24) is 15.2 Å². The van der Waals surface area contributed by atoms with Crippen LogP contribution < -0.4 is 9.84 Å². The summed E-state index contributed by atoms with van der Waals surface area (Å²) in [6.45, 7) is 11.6. The third-order valence-electron chi connectivity index (χ3n) is 7.81. The minimum absolute atomic E-state index is 0.0268. The number of carboxylic acid groups (broad SMARTS) is 1. The molecule has 246 valence electrons. The number of phosphoric ester groups is 1. The van der Waals surface area contributed by atoms with Crippen molar-refractivity contribution in [3.63, 3.8) is 0 Å². The lowest BCUT2D eigenvalue weighted by atomic mass is 9.92. The number of nitrogens with one attached hydrogen (secondary N) is 1. The third kappa shape index (κ3) is 12.0. The van der Waals surface area contributed by atoms with E-state index in [0.717, 1.165) is 29.8 Å². The number of benzene rings is 1. The minimum Gasteiger partial charge on any atom is -0.481 e. The molecule has 0 aliphatic heterocycles. The van der Waals surface area contributed by atoms with Crippen molar-refractivity contribution < 1.29 is 38.4 Å². The van der Waals surface area contributed by atoms with Gasteiger partial charge in [-0.25, -0.2) is 9.55 Å². The fourth-order valence-electron chi connectivity index (χ4n) is 5.12. The Hall–Kier alpha value is -2.79. The van der Waals surface area contributed by atoms with Gasteiger partial charge in [-0.2, -0.15) is 0 Å². The average molecular weight is 654 g/mol. The number of phosphoric acid groups is 1. The van der Waals surface area contributed by atoms with Crippen LogP contribution in [0.4, 0.5) is 0 Å². The van der Waals surface area contributed by atoms with E-state index in [-0.39, 0.29) is 47.6 Å². The number of carbonyl (C=O) groups excluding carboxylic acids is 2. The van der Waals surface area contributed by atoms with E-state index in [4.69, 9.17) is 14.3 Å². The molecule has 0 saturated carbocycles. The molecule has 0 aliphatic rings. The van der Waals surface area contributed by atoms with E-state index in [2.05, 4.69) is 38.0 Å². The second-order valence-electron chi connectivity index (χ2n) is 12.0. The summed E-state index contributed by atoms with van der Waals surface area (Å²) in [6, 6.07) is 4.51. The lowest BCUT2D eigenvalue weighted by Crippen LogP contribution is -2.41. The van der Waals surface area contributed by atoms with Crippen molar-refractivity contribution in [1.29, 1.82) is 0 Å². The van der Waals surface area contributed by atoms with E-state index in [1.54, 1.807) is 31.4 Å². The molecule has 2 amide bonds. The highest BCUT2D eigenvalue weighted by atomic mass is 32.1. The van der Waals surface area contributed by atoms with Crippen LogP contribution in [0.3, 0.4) is 0 Å². The molecule has 1 heterocycles. The Kier molecular flexibility index (Phi) is 14.5. The molecular weight excluding hydrogens is 605 g/mol. The molecule has 0 spiro atoms. The zero-order chi connectivity index (χ0) is 33.2. The van der Waals surface area contributed by atoms with E-state index >= 15 is 0 Å². The Morgan fingerprint density at radius 1 is 1.14 bits per heavy atom. The highest BCUT2D eigenvalue weighted by Crippen LogP contribution is 2.39. The van der Waals surface area contributed by atoms with Crippen molar-refractivity contribution in [3.8, 4) is 5.75 Å². The molecule has 4 atom stereocenters. The van der Waals surface area contributed by atoms with E-state index < -0.39 is 25.8 Å².